The van der Waals surface area contributed by atoms with Crippen LogP contribution in [0.2, 0.25) is 0 Å². The molecule has 1 heterocycles. The molecule has 7 nitrogen and oxygen atoms in total. The Morgan fingerprint density at radius 2 is 2.00 bits per heavy atom. The van der Waals surface area contributed by atoms with Crippen molar-refractivity contribution >= 4 is 10.2 Å². The number of aromatic amines is 1. The number of hydrogen-bond donors (Lipinski definition) is 2. The van der Waals surface area contributed by atoms with Crippen molar-refractivity contribution in [3.8, 4) is 0 Å². The average Bonchev–Trinajstić information content (AvgIpc) is 2.81. The van der Waals surface area contributed by atoms with Crippen LogP contribution < -0.4 is 4.72 Å². The number of rotatable bonds is 8. The highest BCUT2D eigenvalue weighted by molar-refractivity contribution is 7.87. The minimum Gasteiger partial charge on any atom is -0.262 e. The van der Waals surface area contributed by atoms with Crippen molar-refractivity contribution in [1.29, 1.82) is 0 Å². The molecule has 1 atom stereocenters. The average molecular weight is 275 g/mol. The van der Waals surface area contributed by atoms with Crippen LogP contribution in [0.25, 0.3) is 0 Å². The SMILES string of the molecule is CCCN(CCC)S(=O)(=O)NC(C)c1ncn[nH]1. The molecule has 0 aromatic carbocycles. The van der Waals surface area contributed by atoms with E-state index in [2.05, 4.69) is 19.9 Å². The van der Waals surface area contributed by atoms with Crippen molar-refractivity contribution in [2.24, 2.45) is 0 Å². The maximum absolute atomic E-state index is 12.2. The van der Waals surface area contributed by atoms with Gasteiger partial charge < -0.3 is 0 Å². The second kappa shape index (κ2) is 6.81. The monoisotopic (exact) mass is 275 g/mol. The molecule has 1 aromatic rings. The van der Waals surface area contributed by atoms with Gasteiger partial charge in [0, 0.05) is 13.1 Å². The fraction of sp³-hybridized carbons (Fsp3) is 0.800. The molecule has 0 aliphatic carbocycles. The van der Waals surface area contributed by atoms with Crippen LogP contribution in [0.5, 0.6) is 0 Å². The summed E-state index contributed by atoms with van der Waals surface area (Å²) in [5.41, 5.74) is 0. The molecule has 1 rings (SSSR count). The summed E-state index contributed by atoms with van der Waals surface area (Å²) < 4.78 is 28.4. The Kier molecular flexibility index (Phi) is 5.70. The van der Waals surface area contributed by atoms with Crippen LogP contribution >= 0.6 is 0 Å². The second-order valence-corrected chi connectivity index (χ2v) is 5.82. The van der Waals surface area contributed by atoms with Crippen LogP contribution in [0.15, 0.2) is 6.33 Å². The van der Waals surface area contributed by atoms with Crippen LogP contribution in [0.4, 0.5) is 0 Å². The van der Waals surface area contributed by atoms with Crippen molar-refractivity contribution in [3.63, 3.8) is 0 Å². The van der Waals surface area contributed by atoms with Gasteiger partial charge in [0.05, 0.1) is 6.04 Å². The first kappa shape index (κ1) is 15.1. The Balaban J connectivity index is 2.72. The van der Waals surface area contributed by atoms with Gasteiger partial charge in [0.2, 0.25) is 0 Å². The molecular weight excluding hydrogens is 254 g/mol. The smallest absolute Gasteiger partial charge is 0.262 e. The lowest BCUT2D eigenvalue weighted by Gasteiger charge is -2.23. The van der Waals surface area contributed by atoms with E-state index < -0.39 is 16.3 Å². The van der Waals surface area contributed by atoms with Gasteiger partial charge in [0.15, 0.2) is 0 Å². The predicted octanol–water partition coefficient (Wildman–Crippen LogP) is 0.822. The zero-order valence-corrected chi connectivity index (χ0v) is 11.9. The molecule has 0 saturated heterocycles. The summed E-state index contributed by atoms with van der Waals surface area (Å²) in [5.74, 6) is 0.506. The van der Waals surface area contributed by atoms with Crippen molar-refractivity contribution < 1.29 is 8.42 Å². The molecular formula is C10H21N5O2S. The Hall–Kier alpha value is -0.990. The molecule has 0 saturated carbocycles. The number of nitrogens with one attached hydrogen (secondary N) is 2. The number of H-pyrrole nitrogens is 1. The first-order chi connectivity index (χ1) is 8.51. The zero-order valence-electron chi connectivity index (χ0n) is 11.0. The van der Waals surface area contributed by atoms with E-state index >= 15 is 0 Å². The molecule has 8 heteroatoms. The van der Waals surface area contributed by atoms with Crippen LogP contribution in [-0.2, 0) is 10.2 Å². The highest BCUT2D eigenvalue weighted by atomic mass is 32.2. The fourth-order valence-corrected chi connectivity index (χ4v) is 3.18. The molecule has 0 bridgehead atoms. The Labute approximate surface area is 108 Å². The standard InChI is InChI=1S/C10H21N5O2S/c1-4-6-15(7-5-2)18(16,17)14-9(3)10-11-8-12-13-10/h8-9,14H,4-7H2,1-3H3,(H,11,12,13). The van der Waals surface area contributed by atoms with Gasteiger partial charge in [-0.15, -0.1) is 0 Å². The van der Waals surface area contributed by atoms with Crippen LogP contribution in [-0.4, -0.2) is 41.0 Å². The van der Waals surface area contributed by atoms with E-state index in [1.807, 2.05) is 13.8 Å². The molecule has 0 spiro atoms. The maximum Gasteiger partial charge on any atom is 0.280 e. The van der Waals surface area contributed by atoms with E-state index in [9.17, 15) is 8.42 Å². The summed E-state index contributed by atoms with van der Waals surface area (Å²) in [7, 11) is -3.48. The summed E-state index contributed by atoms with van der Waals surface area (Å²) >= 11 is 0. The predicted molar refractivity (Wildman–Crippen MR) is 69.0 cm³/mol. The highest BCUT2D eigenvalue weighted by Crippen LogP contribution is 2.09. The van der Waals surface area contributed by atoms with E-state index in [-0.39, 0.29) is 0 Å². The van der Waals surface area contributed by atoms with Gasteiger partial charge in [-0.3, -0.25) is 5.10 Å². The maximum atomic E-state index is 12.2. The molecule has 0 aliphatic rings. The molecule has 1 aromatic heterocycles. The van der Waals surface area contributed by atoms with Crippen molar-refractivity contribution in [3.05, 3.63) is 12.2 Å². The molecule has 18 heavy (non-hydrogen) atoms. The van der Waals surface area contributed by atoms with Crippen molar-refractivity contribution in [2.75, 3.05) is 13.1 Å². The minimum absolute atomic E-state index is 0.422. The second-order valence-electron chi connectivity index (χ2n) is 4.11. The normalized spacial score (nSPS) is 14.0. The Bertz CT molecular complexity index is 425. The van der Waals surface area contributed by atoms with Gasteiger partial charge in [-0.2, -0.15) is 22.5 Å². The van der Waals surface area contributed by atoms with Gasteiger partial charge in [-0.05, 0) is 19.8 Å². The number of hydrogen-bond acceptors (Lipinski definition) is 4. The van der Waals surface area contributed by atoms with Crippen molar-refractivity contribution in [1.82, 2.24) is 24.2 Å². The highest BCUT2D eigenvalue weighted by Gasteiger charge is 2.23. The molecule has 1 unspecified atom stereocenters. The van der Waals surface area contributed by atoms with Gasteiger partial charge in [0.1, 0.15) is 12.2 Å². The van der Waals surface area contributed by atoms with Gasteiger partial charge in [0.25, 0.3) is 10.2 Å². The van der Waals surface area contributed by atoms with Crippen LogP contribution in [0.1, 0.15) is 45.5 Å². The third-order valence-corrected chi connectivity index (χ3v) is 4.15. The fourth-order valence-electron chi connectivity index (χ4n) is 1.63. The van der Waals surface area contributed by atoms with E-state index in [0.717, 1.165) is 12.8 Å². The largest absolute Gasteiger partial charge is 0.280 e. The molecule has 0 amide bonds. The minimum atomic E-state index is -3.48. The molecule has 0 radical (unpaired) electrons. The summed E-state index contributed by atoms with van der Waals surface area (Å²) in [6, 6.07) is -0.422. The van der Waals surface area contributed by atoms with Crippen LogP contribution in [0, 0.1) is 0 Å². The third-order valence-electron chi connectivity index (χ3n) is 2.46. The first-order valence-corrected chi connectivity index (χ1v) is 7.58. The molecule has 104 valence electrons. The summed E-state index contributed by atoms with van der Waals surface area (Å²) in [4.78, 5) is 3.94. The van der Waals surface area contributed by atoms with E-state index in [0.29, 0.717) is 18.9 Å². The number of aromatic nitrogens is 3. The Morgan fingerprint density at radius 3 is 2.44 bits per heavy atom. The van der Waals surface area contributed by atoms with Gasteiger partial charge in [-0.25, -0.2) is 4.98 Å². The third kappa shape index (κ3) is 4.04. The lowest BCUT2D eigenvalue weighted by molar-refractivity contribution is 0.396. The van der Waals surface area contributed by atoms with Crippen LogP contribution in [0.3, 0.4) is 0 Å². The summed E-state index contributed by atoms with van der Waals surface area (Å²) in [6.45, 7) is 6.68. The summed E-state index contributed by atoms with van der Waals surface area (Å²) in [5, 5.41) is 6.36. The lowest BCUT2D eigenvalue weighted by Crippen LogP contribution is -2.42. The molecule has 0 fully saturated rings. The topological polar surface area (TPSA) is 91.0 Å². The molecule has 2 N–H and O–H groups in total. The first-order valence-electron chi connectivity index (χ1n) is 6.14. The van der Waals surface area contributed by atoms with Gasteiger partial charge >= 0.3 is 0 Å². The number of nitrogens with zero attached hydrogens (tertiary/aromatic N) is 3. The summed E-state index contributed by atoms with van der Waals surface area (Å²) in [6.07, 6.45) is 2.94. The van der Waals surface area contributed by atoms with Gasteiger partial charge in [-0.1, -0.05) is 13.8 Å². The lowest BCUT2D eigenvalue weighted by atomic mass is 10.3. The Morgan fingerprint density at radius 1 is 1.39 bits per heavy atom. The van der Waals surface area contributed by atoms with E-state index in [1.54, 1.807) is 6.92 Å². The van der Waals surface area contributed by atoms with Crippen molar-refractivity contribution in [2.45, 2.75) is 39.7 Å². The van der Waals surface area contributed by atoms with E-state index in [1.165, 1.54) is 10.6 Å². The van der Waals surface area contributed by atoms with E-state index in [4.69, 9.17) is 0 Å². The molecule has 0 aliphatic heterocycles. The quantitative estimate of drug-likeness (QED) is 0.735. The zero-order chi connectivity index (χ0) is 13.6.